The summed E-state index contributed by atoms with van der Waals surface area (Å²) >= 11 is 0. The molecule has 3 heterocycles. The number of hydrogen-bond donors (Lipinski definition) is 0. The standard InChI is InChI=1S/C22H28N4O5S/c1-12-13-9-22(12,10-13)26-15-14(11-23-18(24-15)32(5)30)8-21(17(26)28)6-7-25(16(21)27)19(29)31-20(2,3)4/h11-13H,6-10H2,1-5H3/t12-,13?,21?,22?,32?/m0/s1. The molecule has 0 radical (unpaired) electrons. The number of anilines is 1. The van der Waals surface area contributed by atoms with Gasteiger partial charge in [-0.1, -0.05) is 6.92 Å². The lowest BCUT2D eigenvalue weighted by atomic mass is 9.42. The van der Waals surface area contributed by atoms with Crippen molar-refractivity contribution in [1.82, 2.24) is 14.9 Å². The molecule has 3 atom stereocenters. The first-order valence-corrected chi connectivity index (χ1v) is 12.5. The third-order valence-corrected chi connectivity index (χ3v) is 8.37. The van der Waals surface area contributed by atoms with Crippen LogP contribution in [0.5, 0.6) is 0 Å². The number of likely N-dealkylation sites (tertiary alicyclic amines) is 1. The molecule has 5 aliphatic rings. The van der Waals surface area contributed by atoms with Crippen LogP contribution in [0.4, 0.5) is 10.6 Å². The summed E-state index contributed by atoms with van der Waals surface area (Å²) in [6, 6.07) is 0. The van der Waals surface area contributed by atoms with E-state index in [9.17, 15) is 18.6 Å². The molecule has 0 aromatic carbocycles. The first-order chi connectivity index (χ1) is 14.9. The summed E-state index contributed by atoms with van der Waals surface area (Å²) in [5.41, 5.74) is -1.81. The molecule has 6 rings (SSSR count). The number of ether oxygens (including phenoxy) is 1. The topological polar surface area (TPSA) is 110 Å². The predicted octanol–water partition coefficient (Wildman–Crippen LogP) is 2.06. The Morgan fingerprint density at radius 1 is 1.25 bits per heavy atom. The fourth-order valence-corrected chi connectivity index (χ4v) is 6.08. The van der Waals surface area contributed by atoms with Gasteiger partial charge >= 0.3 is 6.09 Å². The lowest BCUT2D eigenvalue weighted by molar-refractivity contribution is -0.153. The average Bonchev–Trinajstić information content (AvgIpc) is 2.99. The van der Waals surface area contributed by atoms with Crippen LogP contribution in [0.3, 0.4) is 0 Å². The quantitative estimate of drug-likeness (QED) is 0.491. The van der Waals surface area contributed by atoms with E-state index in [2.05, 4.69) is 16.9 Å². The number of amides is 3. The van der Waals surface area contributed by atoms with E-state index in [1.807, 2.05) is 0 Å². The maximum Gasteiger partial charge on any atom is 0.417 e. The van der Waals surface area contributed by atoms with Gasteiger partial charge in [-0.15, -0.1) is 0 Å². The number of fused-ring (bicyclic) bond motifs is 1. The van der Waals surface area contributed by atoms with Crippen LogP contribution in [0.15, 0.2) is 11.4 Å². The minimum absolute atomic E-state index is 0.125. The van der Waals surface area contributed by atoms with Gasteiger partial charge in [0, 0.05) is 31.0 Å². The van der Waals surface area contributed by atoms with Gasteiger partial charge in [-0.25, -0.2) is 19.7 Å². The van der Waals surface area contributed by atoms with Crippen LogP contribution in [0, 0.1) is 17.3 Å². The number of hydrogen-bond acceptors (Lipinski definition) is 7. The van der Waals surface area contributed by atoms with E-state index >= 15 is 0 Å². The van der Waals surface area contributed by atoms with Gasteiger partial charge in [0.25, 0.3) is 0 Å². The molecule has 0 N–H and O–H groups in total. The van der Waals surface area contributed by atoms with Crippen molar-refractivity contribution in [3.05, 3.63) is 11.8 Å². The molecule has 10 heteroatoms. The Bertz CT molecular complexity index is 1080. The normalized spacial score (nSPS) is 34.2. The van der Waals surface area contributed by atoms with Crippen LogP contribution in [0.1, 0.15) is 52.5 Å². The number of rotatable bonds is 2. The molecule has 172 valence electrons. The van der Waals surface area contributed by atoms with E-state index in [1.54, 1.807) is 31.9 Å². The maximum absolute atomic E-state index is 14.1. The Hall–Kier alpha value is -2.36. The molecule has 9 nitrogen and oxygen atoms in total. The van der Waals surface area contributed by atoms with Crippen molar-refractivity contribution in [3.63, 3.8) is 0 Å². The summed E-state index contributed by atoms with van der Waals surface area (Å²) in [6.45, 7) is 7.46. The van der Waals surface area contributed by atoms with E-state index < -0.39 is 33.8 Å². The van der Waals surface area contributed by atoms with Gasteiger partial charge in [0.15, 0.2) is 0 Å². The van der Waals surface area contributed by atoms with Crippen LogP contribution in [0.25, 0.3) is 0 Å². The minimum atomic E-state index is -1.40. The molecule has 1 saturated heterocycles. The Labute approximate surface area is 189 Å². The molecule has 1 aromatic heterocycles. The van der Waals surface area contributed by atoms with Crippen LogP contribution in [-0.4, -0.2) is 60.9 Å². The first kappa shape index (κ1) is 21.5. The van der Waals surface area contributed by atoms with Crippen LogP contribution >= 0.6 is 0 Å². The highest BCUT2D eigenvalue weighted by Crippen LogP contribution is 2.67. The molecule has 1 aromatic rings. The predicted molar refractivity (Wildman–Crippen MR) is 115 cm³/mol. The van der Waals surface area contributed by atoms with Crippen LogP contribution in [-0.2, 0) is 31.5 Å². The lowest BCUT2D eigenvalue weighted by Crippen LogP contribution is -2.78. The van der Waals surface area contributed by atoms with Crippen LogP contribution < -0.4 is 4.90 Å². The van der Waals surface area contributed by atoms with Crippen molar-refractivity contribution in [2.75, 3.05) is 17.7 Å². The molecule has 3 aliphatic carbocycles. The maximum atomic E-state index is 14.1. The molecular weight excluding hydrogens is 432 g/mol. The Kier molecular flexibility index (Phi) is 4.42. The third-order valence-electron chi connectivity index (χ3n) is 7.66. The second kappa shape index (κ2) is 6.59. The number of aromatic nitrogens is 2. The molecule has 3 amide bonds. The first-order valence-electron chi connectivity index (χ1n) is 11.0. The Balaban J connectivity index is 1.56. The van der Waals surface area contributed by atoms with E-state index in [0.717, 1.165) is 17.7 Å². The highest BCUT2D eigenvalue weighted by atomic mass is 32.2. The number of carbonyl (C=O) groups is 3. The highest BCUT2D eigenvalue weighted by Gasteiger charge is 2.71. The summed E-state index contributed by atoms with van der Waals surface area (Å²) in [6.07, 6.45) is 4.45. The van der Waals surface area contributed by atoms with Gasteiger partial charge in [-0.3, -0.25) is 18.7 Å². The summed E-state index contributed by atoms with van der Waals surface area (Å²) < 4.78 is 17.4. The summed E-state index contributed by atoms with van der Waals surface area (Å²) in [7, 11) is -1.40. The second-order valence-electron chi connectivity index (χ2n) is 10.6. The molecule has 2 unspecified atom stereocenters. The number of carbonyl (C=O) groups excluding carboxylic acids is 3. The average molecular weight is 461 g/mol. The smallest absolute Gasteiger partial charge is 0.417 e. The second-order valence-corrected chi connectivity index (χ2v) is 11.9. The van der Waals surface area contributed by atoms with E-state index in [-0.39, 0.29) is 36.0 Å². The van der Waals surface area contributed by atoms with E-state index in [4.69, 9.17) is 4.74 Å². The molecule has 2 aliphatic heterocycles. The van der Waals surface area contributed by atoms with Crippen molar-refractivity contribution in [1.29, 1.82) is 0 Å². The summed E-state index contributed by atoms with van der Waals surface area (Å²) in [5, 5.41) is 0.171. The molecule has 4 fully saturated rings. The van der Waals surface area contributed by atoms with Gasteiger partial charge < -0.3 is 4.74 Å². The van der Waals surface area contributed by atoms with E-state index in [0.29, 0.717) is 23.2 Å². The SMILES string of the molecule is C[C@H]1C2CC1(N1C(=O)C3(CCN(C(=O)OC(C)(C)C)C3=O)Cc3cnc(S(C)=O)nc31)C2. The van der Waals surface area contributed by atoms with Gasteiger partial charge in [-0.05, 0) is 51.9 Å². The molecule has 2 bridgehead atoms. The molecule has 32 heavy (non-hydrogen) atoms. The van der Waals surface area contributed by atoms with Gasteiger partial charge in [0.2, 0.25) is 17.0 Å². The Morgan fingerprint density at radius 3 is 2.47 bits per heavy atom. The summed E-state index contributed by atoms with van der Waals surface area (Å²) in [4.78, 5) is 51.8. The zero-order valence-electron chi connectivity index (χ0n) is 19.0. The lowest BCUT2D eigenvalue weighted by Gasteiger charge is -2.71. The van der Waals surface area contributed by atoms with Crippen LogP contribution in [0.2, 0.25) is 0 Å². The molecule has 3 saturated carbocycles. The zero-order chi connectivity index (χ0) is 23.2. The fourth-order valence-electron chi connectivity index (χ4n) is 5.66. The van der Waals surface area contributed by atoms with Crippen molar-refractivity contribution in [2.45, 2.75) is 69.7 Å². The van der Waals surface area contributed by atoms with Gasteiger partial charge in [0.05, 0.1) is 16.3 Å². The largest absolute Gasteiger partial charge is 0.443 e. The number of nitrogens with zero attached hydrogens (tertiary/aromatic N) is 4. The fraction of sp³-hybridized carbons (Fsp3) is 0.682. The number of imide groups is 1. The minimum Gasteiger partial charge on any atom is -0.443 e. The van der Waals surface area contributed by atoms with Crippen molar-refractivity contribution >= 4 is 34.5 Å². The van der Waals surface area contributed by atoms with E-state index in [1.165, 1.54) is 6.26 Å². The molecular formula is C22H28N4O5S. The monoisotopic (exact) mass is 460 g/mol. The van der Waals surface area contributed by atoms with Crippen molar-refractivity contribution in [2.24, 2.45) is 17.3 Å². The third kappa shape index (κ3) is 2.74. The Morgan fingerprint density at radius 2 is 1.94 bits per heavy atom. The van der Waals surface area contributed by atoms with Crippen molar-refractivity contribution in [3.8, 4) is 0 Å². The molecule has 1 spiro atoms. The van der Waals surface area contributed by atoms with Gasteiger partial charge in [0.1, 0.15) is 16.8 Å². The van der Waals surface area contributed by atoms with Gasteiger partial charge in [-0.2, -0.15) is 0 Å². The highest BCUT2D eigenvalue weighted by molar-refractivity contribution is 7.84. The zero-order valence-corrected chi connectivity index (χ0v) is 19.8. The summed E-state index contributed by atoms with van der Waals surface area (Å²) in [5.74, 6) is 0.517. The van der Waals surface area contributed by atoms with Crippen molar-refractivity contribution < 1.29 is 23.3 Å².